The van der Waals surface area contributed by atoms with E-state index in [1.165, 1.54) is 12.2 Å². The number of carbonyl (C=O) groups excluding carboxylic acids is 2. The van der Waals surface area contributed by atoms with E-state index in [1.54, 1.807) is 72.8 Å². The van der Waals surface area contributed by atoms with Gasteiger partial charge in [-0.15, -0.1) is 0 Å². The summed E-state index contributed by atoms with van der Waals surface area (Å²) in [6, 6.07) is 35.7. The third-order valence-corrected chi connectivity index (χ3v) is 4.79. The van der Waals surface area contributed by atoms with Gasteiger partial charge in [-0.3, -0.25) is 9.59 Å². The van der Waals surface area contributed by atoms with Crippen LogP contribution in [0.4, 0.5) is 0 Å². The molecule has 0 saturated carbocycles. The number of aliphatic hydroxyl groups excluding tert-OH is 2. The van der Waals surface area contributed by atoms with E-state index >= 15 is 0 Å². The van der Waals surface area contributed by atoms with Crippen LogP contribution in [0.5, 0.6) is 0 Å². The van der Waals surface area contributed by atoms with E-state index in [-0.39, 0.29) is 40.2 Å². The van der Waals surface area contributed by atoms with Gasteiger partial charge in [-0.05, 0) is 0 Å². The number of hydrogen-bond acceptors (Lipinski definition) is 4. The first kappa shape index (κ1) is 27.1. The Labute approximate surface area is 215 Å². The number of hydrogen-bond donors (Lipinski definition) is 2. The van der Waals surface area contributed by atoms with Gasteiger partial charge in [0.15, 0.2) is 11.6 Å². The van der Waals surface area contributed by atoms with Crippen molar-refractivity contribution in [3.8, 4) is 0 Å². The first-order valence-corrected chi connectivity index (χ1v) is 10.7. The Balaban J connectivity index is 0.000000240. The molecule has 0 unspecified atom stereocenters. The van der Waals surface area contributed by atoms with Crippen LogP contribution in [0.25, 0.3) is 11.5 Å². The van der Waals surface area contributed by atoms with Crippen molar-refractivity contribution in [1.82, 2.24) is 0 Å². The fraction of sp³-hybridized carbons (Fsp3) is 0. The molecule has 0 atom stereocenters. The Morgan fingerprint density at radius 1 is 0.429 bits per heavy atom. The maximum absolute atomic E-state index is 11.8. The molecule has 0 aliphatic heterocycles. The summed E-state index contributed by atoms with van der Waals surface area (Å²) in [4.78, 5) is 23.6. The summed E-state index contributed by atoms with van der Waals surface area (Å²) in [5, 5.41) is 19.6. The van der Waals surface area contributed by atoms with E-state index in [9.17, 15) is 19.8 Å². The first-order chi connectivity index (χ1) is 16.5. The van der Waals surface area contributed by atoms with Gasteiger partial charge in [0.2, 0.25) is 0 Å². The van der Waals surface area contributed by atoms with Crippen LogP contribution in [0.2, 0.25) is 0 Å². The second-order valence-electron chi connectivity index (χ2n) is 7.25. The Morgan fingerprint density at radius 3 is 0.914 bits per heavy atom. The molecule has 0 bridgehead atoms. The van der Waals surface area contributed by atoms with Crippen molar-refractivity contribution in [1.29, 1.82) is 0 Å². The molecule has 4 nitrogen and oxygen atoms in total. The molecule has 0 spiro atoms. The molecule has 0 heterocycles. The maximum atomic E-state index is 11.8. The largest absolute Gasteiger partial charge is 0.507 e. The smallest absolute Gasteiger partial charge is 0.189 e. The van der Waals surface area contributed by atoms with Gasteiger partial charge in [0.05, 0.1) is 0 Å². The van der Waals surface area contributed by atoms with Crippen molar-refractivity contribution in [2.75, 3.05) is 0 Å². The van der Waals surface area contributed by atoms with Crippen LogP contribution in [0.15, 0.2) is 133 Å². The van der Waals surface area contributed by atoms with Gasteiger partial charge in [0.25, 0.3) is 0 Å². The van der Waals surface area contributed by atoms with E-state index in [0.717, 1.165) is 0 Å². The zero-order valence-electron chi connectivity index (χ0n) is 18.7. The molecule has 0 fully saturated rings. The molecular formula is C30H24CuO4. The Kier molecular flexibility index (Phi) is 11.0. The molecule has 5 heteroatoms. The van der Waals surface area contributed by atoms with Gasteiger partial charge >= 0.3 is 0 Å². The Morgan fingerprint density at radius 2 is 0.657 bits per heavy atom. The molecule has 4 aromatic rings. The van der Waals surface area contributed by atoms with Crippen molar-refractivity contribution in [3.05, 3.63) is 156 Å². The zero-order chi connectivity index (χ0) is 24.2. The monoisotopic (exact) mass is 511 g/mol. The zero-order valence-corrected chi connectivity index (χ0v) is 19.7. The number of aliphatic hydroxyl groups is 2. The molecule has 0 aromatic heterocycles. The molecule has 2 N–H and O–H groups in total. The van der Waals surface area contributed by atoms with E-state index < -0.39 is 0 Å². The van der Waals surface area contributed by atoms with Crippen molar-refractivity contribution in [2.45, 2.75) is 0 Å². The minimum Gasteiger partial charge on any atom is -0.507 e. The van der Waals surface area contributed by atoms with Crippen LogP contribution in [0.1, 0.15) is 31.8 Å². The van der Waals surface area contributed by atoms with E-state index in [2.05, 4.69) is 0 Å². The van der Waals surface area contributed by atoms with Gasteiger partial charge in [0, 0.05) is 51.5 Å². The number of rotatable bonds is 6. The molecule has 0 aliphatic carbocycles. The standard InChI is InChI=1S/2C15H12O2.Cu/c2*16-14(12-7-3-1-4-8-12)11-15(17)13-9-5-2-6-10-13;/h2*1-11,16H;/b2*14-11+;. The molecule has 4 aromatic carbocycles. The van der Waals surface area contributed by atoms with Crippen molar-refractivity contribution >= 4 is 23.1 Å². The van der Waals surface area contributed by atoms with Crippen molar-refractivity contribution in [2.24, 2.45) is 0 Å². The summed E-state index contributed by atoms with van der Waals surface area (Å²) < 4.78 is 0. The normalized spacial score (nSPS) is 10.9. The summed E-state index contributed by atoms with van der Waals surface area (Å²) in [5.41, 5.74) is 2.40. The average Bonchev–Trinajstić information content (AvgIpc) is 2.91. The number of allylic oxidation sites excluding steroid dienone is 2. The molecule has 4 rings (SSSR count). The number of carbonyl (C=O) groups is 2. The summed E-state index contributed by atoms with van der Waals surface area (Å²) in [7, 11) is 0. The predicted molar refractivity (Wildman–Crippen MR) is 136 cm³/mol. The SMILES string of the molecule is O=C(/C=C(/O)c1ccccc1)c1ccccc1.O=C(/C=C(/O)c1ccccc1)c1ccccc1.[Cu]. The third-order valence-electron chi connectivity index (χ3n) is 4.79. The average molecular weight is 512 g/mol. The Hall–Kier alpha value is -4.18. The van der Waals surface area contributed by atoms with Crippen LogP contribution in [-0.2, 0) is 17.1 Å². The summed E-state index contributed by atoms with van der Waals surface area (Å²) in [5.74, 6) is -0.433. The van der Waals surface area contributed by atoms with Gasteiger partial charge in [-0.25, -0.2) is 0 Å². The molecule has 179 valence electrons. The molecule has 0 saturated heterocycles. The molecule has 35 heavy (non-hydrogen) atoms. The maximum Gasteiger partial charge on any atom is 0.189 e. The van der Waals surface area contributed by atoms with Gasteiger partial charge in [-0.1, -0.05) is 121 Å². The minimum absolute atomic E-state index is 0. The molecule has 1 radical (unpaired) electrons. The molecule has 0 aliphatic rings. The van der Waals surface area contributed by atoms with E-state index in [4.69, 9.17) is 0 Å². The summed E-state index contributed by atoms with van der Waals surface area (Å²) in [6.45, 7) is 0. The van der Waals surface area contributed by atoms with Crippen molar-refractivity contribution < 1.29 is 36.9 Å². The van der Waals surface area contributed by atoms with Crippen LogP contribution >= 0.6 is 0 Å². The van der Waals surface area contributed by atoms with Crippen LogP contribution < -0.4 is 0 Å². The second kappa shape index (κ2) is 14.2. The second-order valence-corrected chi connectivity index (χ2v) is 7.25. The number of benzene rings is 4. The third kappa shape index (κ3) is 8.59. The van der Waals surface area contributed by atoms with Crippen LogP contribution in [0.3, 0.4) is 0 Å². The van der Waals surface area contributed by atoms with E-state index in [1.807, 2.05) is 48.5 Å². The summed E-state index contributed by atoms with van der Waals surface area (Å²) in [6.07, 6.45) is 2.48. The van der Waals surface area contributed by atoms with Crippen LogP contribution in [0, 0.1) is 0 Å². The Bertz CT molecular complexity index is 1160. The van der Waals surface area contributed by atoms with Crippen molar-refractivity contribution in [3.63, 3.8) is 0 Å². The van der Waals surface area contributed by atoms with Crippen LogP contribution in [-0.4, -0.2) is 21.8 Å². The predicted octanol–water partition coefficient (Wildman–Crippen LogP) is 6.93. The topological polar surface area (TPSA) is 74.6 Å². The summed E-state index contributed by atoms with van der Waals surface area (Å²) >= 11 is 0. The molecule has 0 amide bonds. The first-order valence-electron chi connectivity index (χ1n) is 10.7. The van der Waals surface area contributed by atoms with Gasteiger partial charge < -0.3 is 10.2 Å². The van der Waals surface area contributed by atoms with E-state index in [0.29, 0.717) is 22.3 Å². The quantitative estimate of drug-likeness (QED) is 0.127. The van der Waals surface area contributed by atoms with Gasteiger partial charge in [0.1, 0.15) is 11.5 Å². The fourth-order valence-corrected chi connectivity index (χ4v) is 3.00. The molecular weight excluding hydrogens is 488 g/mol. The fourth-order valence-electron chi connectivity index (χ4n) is 3.00. The minimum atomic E-state index is -0.202. The van der Waals surface area contributed by atoms with Gasteiger partial charge in [-0.2, -0.15) is 0 Å². The number of ketones is 2.